The third-order valence-corrected chi connectivity index (χ3v) is 6.52. The van der Waals surface area contributed by atoms with Crippen LogP contribution in [-0.4, -0.2) is 43.6 Å². The zero-order valence-corrected chi connectivity index (χ0v) is 17.6. The van der Waals surface area contributed by atoms with E-state index in [1.165, 1.54) is 13.5 Å². The van der Waals surface area contributed by atoms with E-state index in [2.05, 4.69) is 24.6 Å². The van der Waals surface area contributed by atoms with E-state index in [-0.39, 0.29) is 17.5 Å². The summed E-state index contributed by atoms with van der Waals surface area (Å²) < 4.78 is 33.4. The molecule has 8 nitrogen and oxygen atoms in total. The van der Waals surface area contributed by atoms with Gasteiger partial charge in [0.2, 0.25) is 16.0 Å². The van der Waals surface area contributed by atoms with Gasteiger partial charge in [-0.25, -0.2) is 13.1 Å². The second kappa shape index (κ2) is 8.40. The fourth-order valence-corrected chi connectivity index (χ4v) is 4.54. The molecular formula is C19H27N5O3S. The van der Waals surface area contributed by atoms with Gasteiger partial charge in [0, 0.05) is 13.1 Å². The Morgan fingerprint density at radius 3 is 2.36 bits per heavy atom. The van der Waals surface area contributed by atoms with E-state index in [0.717, 1.165) is 37.1 Å². The summed E-state index contributed by atoms with van der Waals surface area (Å²) in [5.74, 6) is 0.862. The first-order chi connectivity index (χ1) is 13.3. The van der Waals surface area contributed by atoms with Crippen molar-refractivity contribution in [3.05, 3.63) is 34.6 Å². The van der Waals surface area contributed by atoms with Crippen molar-refractivity contribution in [2.45, 2.75) is 51.5 Å². The Kier molecular flexibility index (Phi) is 6.14. The molecule has 2 aromatic rings. The second-order valence-corrected chi connectivity index (χ2v) is 8.85. The molecule has 1 aliphatic heterocycles. The van der Waals surface area contributed by atoms with Gasteiger partial charge in [-0.1, -0.05) is 6.07 Å². The lowest BCUT2D eigenvalue weighted by molar-refractivity contribution is 0.374. The number of rotatable bonds is 6. The summed E-state index contributed by atoms with van der Waals surface area (Å²) in [4.78, 5) is 15.3. The van der Waals surface area contributed by atoms with Crippen molar-refractivity contribution in [2.75, 3.05) is 25.1 Å². The van der Waals surface area contributed by atoms with Crippen LogP contribution in [0.2, 0.25) is 0 Å². The monoisotopic (exact) mass is 405 g/mol. The van der Waals surface area contributed by atoms with Gasteiger partial charge >= 0.3 is 6.01 Å². The number of hydrogen-bond donors (Lipinski definition) is 1. The van der Waals surface area contributed by atoms with Gasteiger partial charge in [-0.3, -0.25) is 0 Å². The van der Waals surface area contributed by atoms with Gasteiger partial charge in [-0.15, -0.1) is 0 Å². The highest BCUT2D eigenvalue weighted by Crippen LogP contribution is 2.21. The predicted molar refractivity (Wildman–Crippen MR) is 107 cm³/mol. The number of aromatic nitrogens is 3. The number of nitrogens with one attached hydrogen (secondary N) is 1. The van der Waals surface area contributed by atoms with Gasteiger partial charge in [-0.05, 0) is 62.8 Å². The minimum atomic E-state index is -3.69. The zero-order chi connectivity index (χ0) is 20.3. The summed E-state index contributed by atoms with van der Waals surface area (Å²) in [6, 6.07) is 3.76. The molecule has 0 saturated carbocycles. The summed E-state index contributed by atoms with van der Waals surface area (Å²) in [7, 11) is -2.20. The number of piperidine rings is 1. The molecule has 28 heavy (non-hydrogen) atoms. The van der Waals surface area contributed by atoms with E-state index in [1.807, 2.05) is 19.9 Å². The molecule has 1 aromatic carbocycles. The maximum atomic E-state index is 12.8. The molecule has 3 rings (SSSR count). The average molecular weight is 406 g/mol. The van der Waals surface area contributed by atoms with Crippen LogP contribution in [0.5, 0.6) is 6.01 Å². The van der Waals surface area contributed by atoms with Crippen LogP contribution in [0.3, 0.4) is 0 Å². The van der Waals surface area contributed by atoms with Gasteiger partial charge in [0.1, 0.15) is 0 Å². The molecule has 0 spiro atoms. The van der Waals surface area contributed by atoms with Crippen molar-refractivity contribution in [1.29, 1.82) is 0 Å². The summed E-state index contributed by atoms with van der Waals surface area (Å²) >= 11 is 0. The number of sulfonamides is 1. The molecule has 1 saturated heterocycles. The molecular weight excluding hydrogens is 378 g/mol. The molecule has 0 aliphatic carbocycles. The molecule has 1 aromatic heterocycles. The fourth-order valence-electron chi connectivity index (χ4n) is 3.25. The maximum absolute atomic E-state index is 12.8. The Labute approximate surface area is 166 Å². The van der Waals surface area contributed by atoms with Crippen LogP contribution in [0, 0.1) is 20.8 Å². The highest BCUT2D eigenvalue weighted by Gasteiger charge is 2.20. The minimum Gasteiger partial charge on any atom is -0.467 e. The Balaban J connectivity index is 1.82. The second-order valence-electron chi connectivity index (χ2n) is 7.11. The van der Waals surface area contributed by atoms with Gasteiger partial charge < -0.3 is 9.64 Å². The third-order valence-electron chi connectivity index (χ3n) is 4.97. The van der Waals surface area contributed by atoms with Gasteiger partial charge in [0.25, 0.3) is 0 Å². The smallest absolute Gasteiger partial charge is 0.321 e. The molecule has 0 unspecified atom stereocenters. The number of methoxy groups -OCH3 is 1. The molecule has 1 N–H and O–H groups in total. The summed E-state index contributed by atoms with van der Waals surface area (Å²) in [5.41, 5.74) is 2.70. The topological polar surface area (TPSA) is 97.3 Å². The summed E-state index contributed by atoms with van der Waals surface area (Å²) in [5, 5.41) is 0. The van der Waals surface area contributed by atoms with Crippen LogP contribution in [0.1, 0.15) is 41.8 Å². The summed E-state index contributed by atoms with van der Waals surface area (Å²) in [6.45, 7) is 7.37. The first-order valence-corrected chi connectivity index (χ1v) is 10.9. The van der Waals surface area contributed by atoms with Gasteiger partial charge in [0.15, 0.2) is 5.82 Å². The van der Waals surface area contributed by atoms with Crippen LogP contribution in [0.25, 0.3) is 0 Å². The van der Waals surface area contributed by atoms with Crippen molar-refractivity contribution < 1.29 is 13.2 Å². The Morgan fingerprint density at radius 2 is 1.68 bits per heavy atom. The summed E-state index contributed by atoms with van der Waals surface area (Å²) in [6.07, 6.45) is 3.37. The van der Waals surface area contributed by atoms with E-state index in [0.29, 0.717) is 17.3 Å². The number of benzene rings is 1. The van der Waals surface area contributed by atoms with Gasteiger partial charge in [0.05, 0.1) is 18.6 Å². The molecule has 0 radical (unpaired) electrons. The largest absolute Gasteiger partial charge is 0.467 e. The van der Waals surface area contributed by atoms with Crippen LogP contribution in [-0.2, 0) is 16.6 Å². The molecule has 1 aliphatic rings. The number of ether oxygens (including phenoxy) is 1. The fraction of sp³-hybridized carbons (Fsp3) is 0.526. The van der Waals surface area contributed by atoms with Crippen LogP contribution < -0.4 is 14.4 Å². The molecule has 0 bridgehead atoms. The van der Waals surface area contributed by atoms with Gasteiger partial charge in [-0.2, -0.15) is 15.0 Å². The lowest BCUT2D eigenvalue weighted by Crippen LogP contribution is -2.32. The SMILES string of the molecule is COc1nc(CNS(=O)(=O)c2cc(C)c(C)cc2C)nc(N2CCCCC2)n1. The Hall–Kier alpha value is -2.26. The molecule has 0 atom stereocenters. The number of aryl methyl sites for hydroxylation is 3. The van der Waals surface area contributed by atoms with E-state index >= 15 is 0 Å². The maximum Gasteiger partial charge on any atom is 0.321 e. The lowest BCUT2D eigenvalue weighted by Gasteiger charge is -2.26. The van der Waals surface area contributed by atoms with E-state index in [4.69, 9.17) is 4.74 Å². The van der Waals surface area contributed by atoms with Crippen molar-refractivity contribution in [2.24, 2.45) is 0 Å². The first kappa shape index (κ1) is 20.5. The minimum absolute atomic E-state index is 0.0333. The third kappa shape index (κ3) is 4.59. The standard InChI is InChI=1S/C19H27N5O3S/c1-13-10-15(3)16(11-14(13)2)28(25,26)20-12-17-21-18(23-19(22-17)27-4)24-8-6-5-7-9-24/h10-11,20H,5-9,12H2,1-4H3. The highest BCUT2D eigenvalue weighted by atomic mass is 32.2. The Bertz CT molecular complexity index is 956. The molecule has 2 heterocycles. The molecule has 152 valence electrons. The van der Waals surface area contributed by atoms with E-state index in [1.54, 1.807) is 13.0 Å². The zero-order valence-electron chi connectivity index (χ0n) is 16.8. The first-order valence-electron chi connectivity index (χ1n) is 9.41. The molecule has 0 amide bonds. The molecule has 1 fully saturated rings. The number of anilines is 1. The van der Waals surface area contributed by atoms with Crippen molar-refractivity contribution >= 4 is 16.0 Å². The van der Waals surface area contributed by atoms with Crippen LogP contribution in [0.4, 0.5) is 5.95 Å². The van der Waals surface area contributed by atoms with Crippen LogP contribution >= 0.6 is 0 Å². The average Bonchev–Trinajstić information content (AvgIpc) is 2.69. The molecule has 9 heteroatoms. The van der Waals surface area contributed by atoms with E-state index in [9.17, 15) is 8.42 Å². The highest BCUT2D eigenvalue weighted by molar-refractivity contribution is 7.89. The van der Waals surface area contributed by atoms with Crippen LogP contribution in [0.15, 0.2) is 17.0 Å². The van der Waals surface area contributed by atoms with E-state index < -0.39 is 10.0 Å². The predicted octanol–water partition coefficient (Wildman–Crippen LogP) is 2.27. The Morgan fingerprint density at radius 1 is 1.00 bits per heavy atom. The number of hydrogen-bond acceptors (Lipinski definition) is 7. The number of nitrogens with zero attached hydrogens (tertiary/aromatic N) is 4. The lowest BCUT2D eigenvalue weighted by atomic mass is 10.1. The van der Waals surface area contributed by atoms with Crippen molar-refractivity contribution in [3.63, 3.8) is 0 Å². The normalized spacial score (nSPS) is 14.9. The van der Waals surface area contributed by atoms with Crippen molar-refractivity contribution in [1.82, 2.24) is 19.7 Å². The van der Waals surface area contributed by atoms with Crippen molar-refractivity contribution in [3.8, 4) is 6.01 Å². The quantitative estimate of drug-likeness (QED) is 0.787.